The predicted molar refractivity (Wildman–Crippen MR) is 149 cm³/mol. The van der Waals surface area contributed by atoms with Gasteiger partial charge >= 0.3 is 0 Å². The Morgan fingerprint density at radius 2 is 1.73 bits per heavy atom. The lowest BCUT2D eigenvalue weighted by molar-refractivity contribution is 0.0985. The molecule has 0 spiro atoms. The number of unbranched alkanes of at least 4 members (excludes halogenated alkanes) is 1. The molecule has 1 amide bonds. The summed E-state index contributed by atoms with van der Waals surface area (Å²) in [7, 11) is -2.02. The van der Waals surface area contributed by atoms with Crippen LogP contribution in [0.2, 0.25) is 0 Å². The van der Waals surface area contributed by atoms with Crippen molar-refractivity contribution >= 4 is 42.6 Å². The van der Waals surface area contributed by atoms with Crippen LogP contribution >= 0.6 is 11.3 Å². The Hall–Kier alpha value is -3.27. The lowest BCUT2D eigenvalue weighted by Gasteiger charge is -2.22. The Morgan fingerprint density at radius 3 is 2.38 bits per heavy atom. The summed E-state index contributed by atoms with van der Waals surface area (Å²) in [6, 6.07) is 21.5. The summed E-state index contributed by atoms with van der Waals surface area (Å²) >= 11 is 1.42. The summed E-state index contributed by atoms with van der Waals surface area (Å²) in [6.07, 6.45) is 1.71. The number of hydrogen-bond donors (Lipinski definition) is 0. The summed E-state index contributed by atoms with van der Waals surface area (Å²) < 4.78 is 34.0. The molecule has 194 valence electrons. The zero-order valence-electron chi connectivity index (χ0n) is 21.3. The van der Waals surface area contributed by atoms with E-state index < -0.39 is 10.0 Å². The maximum atomic E-state index is 13.7. The number of carbonyl (C=O) groups is 1. The van der Waals surface area contributed by atoms with Gasteiger partial charge in [-0.1, -0.05) is 61.9 Å². The first-order valence-corrected chi connectivity index (χ1v) is 14.5. The molecule has 1 aromatic heterocycles. The Morgan fingerprint density at radius 1 is 1.00 bits per heavy atom. The fourth-order valence-electron chi connectivity index (χ4n) is 3.99. The number of nitrogens with zero attached hydrogens (tertiary/aromatic N) is 3. The zero-order valence-corrected chi connectivity index (χ0v) is 22.9. The van der Waals surface area contributed by atoms with Crippen molar-refractivity contribution in [3.63, 3.8) is 0 Å². The number of rotatable bonds is 11. The van der Waals surface area contributed by atoms with E-state index >= 15 is 0 Å². The highest BCUT2D eigenvalue weighted by atomic mass is 32.2. The largest absolute Gasteiger partial charge is 0.497 e. The maximum absolute atomic E-state index is 13.7. The quantitative estimate of drug-likeness (QED) is 0.236. The number of thiazole rings is 1. The van der Waals surface area contributed by atoms with Crippen molar-refractivity contribution in [3.8, 4) is 5.75 Å². The highest BCUT2D eigenvalue weighted by molar-refractivity contribution is 7.89. The molecular weight excluding hydrogens is 506 g/mol. The number of ether oxygens (including phenoxy) is 1. The minimum atomic E-state index is -3.62. The van der Waals surface area contributed by atoms with E-state index in [1.807, 2.05) is 62.4 Å². The summed E-state index contributed by atoms with van der Waals surface area (Å²) in [6.45, 7) is 5.07. The second kappa shape index (κ2) is 11.9. The molecule has 0 fully saturated rings. The monoisotopic (exact) mass is 537 g/mol. The Bertz CT molecular complexity index is 1450. The van der Waals surface area contributed by atoms with Gasteiger partial charge in [-0.15, -0.1) is 0 Å². The van der Waals surface area contributed by atoms with Crippen molar-refractivity contribution in [1.82, 2.24) is 9.29 Å². The molecule has 37 heavy (non-hydrogen) atoms. The number of hydrogen-bond acceptors (Lipinski definition) is 6. The summed E-state index contributed by atoms with van der Waals surface area (Å²) in [5.41, 5.74) is 2.10. The number of anilines is 1. The first-order chi connectivity index (χ1) is 17.9. The maximum Gasteiger partial charge on any atom is 0.260 e. The molecule has 0 aliphatic heterocycles. The van der Waals surface area contributed by atoms with Crippen molar-refractivity contribution in [2.24, 2.45) is 0 Å². The SMILES string of the molecule is CCCCN(CC)S(=O)(=O)c1ccc(C(=O)N(Cc2ccccc2)c2nc3cc(OC)ccc3s2)cc1. The van der Waals surface area contributed by atoms with Crippen LogP contribution in [-0.2, 0) is 16.6 Å². The van der Waals surface area contributed by atoms with Crippen LogP contribution < -0.4 is 9.64 Å². The van der Waals surface area contributed by atoms with Crippen LogP contribution in [0.25, 0.3) is 10.2 Å². The number of methoxy groups -OCH3 is 1. The van der Waals surface area contributed by atoms with Crippen LogP contribution in [0.15, 0.2) is 77.7 Å². The summed E-state index contributed by atoms with van der Waals surface area (Å²) in [5.74, 6) is 0.444. The third-order valence-corrected chi connectivity index (χ3v) is 9.14. The number of sulfonamides is 1. The molecule has 0 aliphatic rings. The fraction of sp³-hybridized carbons (Fsp3) is 0.286. The van der Waals surface area contributed by atoms with Gasteiger partial charge in [0.05, 0.1) is 28.8 Å². The number of aromatic nitrogens is 1. The van der Waals surface area contributed by atoms with Gasteiger partial charge in [-0.05, 0) is 48.4 Å². The Kier molecular flexibility index (Phi) is 8.58. The first-order valence-electron chi connectivity index (χ1n) is 12.3. The average Bonchev–Trinajstić information content (AvgIpc) is 3.35. The van der Waals surface area contributed by atoms with Crippen LogP contribution in [-0.4, -0.2) is 43.8 Å². The second-order valence-electron chi connectivity index (χ2n) is 8.58. The molecule has 0 atom stereocenters. The van der Waals surface area contributed by atoms with Gasteiger partial charge in [-0.2, -0.15) is 4.31 Å². The standard InChI is InChI=1S/C28H31N3O4S2/c1-4-6-18-30(5-2)37(33,34)24-15-12-22(13-16-24)27(32)31(20-21-10-8-7-9-11-21)28-29-25-19-23(35-3)14-17-26(25)36-28/h7-17,19H,4-6,18,20H2,1-3H3. The Labute approximate surface area is 222 Å². The van der Waals surface area contributed by atoms with E-state index in [4.69, 9.17) is 9.72 Å². The molecule has 0 N–H and O–H groups in total. The van der Waals surface area contributed by atoms with Crippen molar-refractivity contribution in [1.29, 1.82) is 0 Å². The average molecular weight is 538 g/mol. The molecular formula is C28H31N3O4S2. The molecule has 0 aliphatic carbocycles. The fourth-order valence-corrected chi connectivity index (χ4v) is 6.42. The second-order valence-corrected chi connectivity index (χ2v) is 11.5. The minimum absolute atomic E-state index is 0.184. The van der Waals surface area contributed by atoms with E-state index in [1.54, 1.807) is 24.1 Å². The molecule has 0 bridgehead atoms. The molecule has 0 saturated carbocycles. The third-order valence-electron chi connectivity index (χ3n) is 6.10. The van der Waals surface area contributed by atoms with Gasteiger partial charge in [0.2, 0.25) is 10.0 Å². The van der Waals surface area contributed by atoms with Gasteiger partial charge in [0.25, 0.3) is 5.91 Å². The van der Waals surface area contributed by atoms with Gasteiger partial charge in [-0.25, -0.2) is 13.4 Å². The van der Waals surface area contributed by atoms with E-state index in [0.29, 0.717) is 36.1 Å². The topological polar surface area (TPSA) is 79.8 Å². The van der Waals surface area contributed by atoms with Gasteiger partial charge < -0.3 is 4.74 Å². The molecule has 1 heterocycles. The molecule has 0 saturated heterocycles. The van der Waals surface area contributed by atoms with E-state index in [2.05, 4.69) is 0 Å². The van der Waals surface area contributed by atoms with Crippen LogP contribution in [0.5, 0.6) is 5.75 Å². The van der Waals surface area contributed by atoms with Crippen molar-refractivity contribution in [2.45, 2.75) is 38.1 Å². The van der Waals surface area contributed by atoms with Crippen molar-refractivity contribution < 1.29 is 17.9 Å². The zero-order chi connectivity index (χ0) is 26.4. The van der Waals surface area contributed by atoms with Crippen LogP contribution in [0.3, 0.4) is 0 Å². The lowest BCUT2D eigenvalue weighted by atomic mass is 10.1. The molecule has 3 aromatic carbocycles. The van der Waals surface area contributed by atoms with E-state index in [0.717, 1.165) is 28.6 Å². The smallest absolute Gasteiger partial charge is 0.260 e. The van der Waals surface area contributed by atoms with Crippen molar-refractivity contribution in [3.05, 3.63) is 83.9 Å². The summed E-state index contributed by atoms with van der Waals surface area (Å²) in [4.78, 5) is 20.3. The van der Waals surface area contributed by atoms with E-state index in [9.17, 15) is 13.2 Å². The van der Waals surface area contributed by atoms with E-state index in [1.165, 1.54) is 27.8 Å². The minimum Gasteiger partial charge on any atom is -0.497 e. The number of benzene rings is 3. The van der Waals surface area contributed by atoms with Crippen LogP contribution in [0.1, 0.15) is 42.6 Å². The molecule has 0 unspecified atom stereocenters. The van der Waals surface area contributed by atoms with Gasteiger partial charge in [0, 0.05) is 24.7 Å². The molecule has 9 heteroatoms. The highest BCUT2D eigenvalue weighted by Gasteiger charge is 2.25. The lowest BCUT2D eigenvalue weighted by Crippen LogP contribution is -2.32. The number of carbonyl (C=O) groups excluding carboxylic acids is 1. The van der Waals surface area contributed by atoms with Gasteiger partial charge in [0.1, 0.15) is 5.75 Å². The molecule has 4 aromatic rings. The number of amides is 1. The van der Waals surface area contributed by atoms with E-state index in [-0.39, 0.29) is 10.8 Å². The normalized spacial score (nSPS) is 11.7. The predicted octanol–water partition coefficient (Wildman–Crippen LogP) is 5.96. The number of fused-ring (bicyclic) bond motifs is 1. The highest BCUT2D eigenvalue weighted by Crippen LogP contribution is 2.33. The molecule has 0 radical (unpaired) electrons. The summed E-state index contributed by atoms with van der Waals surface area (Å²) in [5, 5.41) is 0.561. The van der Waals surface area contributed by atoms with Crippen LogP contribution in [0.4, 0.5) is 5.13 Å². The van der Waals surface area contributed by atoms with Gasteiger partial charge in [-0.3, -0.25) is 9.69 Å². The van der Waals surface area contributed by atoms with Crippen molar-refractivity contribution in [2.75, 3.05) is 25.1 Å². The van der Waals surface area contributed by atoms with Crippen LogP contribution in [0, 0.1) is 0 Å². The first kappa shape index (κ1) is 26.8. The molecule has 7 nitrogen and oxygen atoms in total. The van der Waals surface area contributed by atoms with Gasteiger partial charge in [0.15, 0.2) is 5.13 Å². The third kappa shape index (κ3) is 6.01. The Balaban J connectivity index is 1.67. The molecule has 4 rings (SSSR count).